The summed E-state index contributed by atoms with van der Waals surface area (Å²) in [6, 6.07) is -0.708. The van der Waals surface area contributed by atoms with Crippen LogP contribution < -0.4 is 5.32 Å². The van der Waals surface area contributed by atoms with Gasteiger partial charge in [0.2, 0.25) is 5.91 Å². The lowest BCUT2D eigenvalue weighted by Gasteiger charge is -2.23. The summed E-state index contributed by atoms with van der Waals surface area (Å²) in [5, 5.41) is 33.2. The average Bonchev–Trinajstić information content (AvgIpc) is 3.07. The summed E-state index contributed by atoms with van der Waals surface area (Å²) < 4.78 is 0. The van der Waals surface area contributed by atoms with Crippen molar-refractivity contribution >= 4 is 5.91 Å². The number of unbranched alkanes of at least 4 members (excludes halogenated alkanes) is 25. The second-order valence-corrected chi connectivity index (χ2v) is 14.2. The van der Waals surface area contributed by atoms with Crippen molar-refractivity contribution in [3.05, 3.63) is 24.3 Å². The number of hydrogen-bond donors (Lipinski definition) is 4. The first-order chi connectivity index (χ1) is 23.1. The van der Waals surface area contributed by atoms with E-state index in [4.69, 9.17) is 0 Å². The molecule has 0 fully saturated rings. The smallest absolute Gasteiger partial charge is 0.249 e. The van der Waals surface area contributed by atoms with Gasteiger partial charge in [-0.05, 0) is 38.5 Å². The highest BCUT2D eigenvalue weighted by Gasteiger charge is 2.23. The molecule has 0 bridgehead atoms. The fourth-order valence-electron chi connectivity index (χ4n) is 6.35. The summed E-state index contributed by atoms with van der Waals surface area (Å²) in [4.78, 5) is 12.4. The highest BCUT2D eigenvalue weighted by Crippen LogP contribution is 2.16. The lowest BCUT2D eigenvalue weighted by Crippen LogP contribution is -2.49. The molecule has 0 aliphatic rings. The fourth-order valence-corrected chi connectivity index (χ4v) is 6.35. The van der Waals surface area contributed by atoms with E-state index in [0.717, 1.165) is 44.9 Å². The maximum absolute atomic E-state index is 12.4. The molecule has 0 aliphatic carbocycles. The van der Waals surface area contributed by atoms with Gasteiger partial charge in [0.05, 0.1) is 18.8 Å². The van der Waals surface area contributed by atoms with Gasteiger partial charge in [0.1, 0.15) is 6.10 Å². The summed E-state index contributed by atoms with van der Waals surface area (Å²) in [5.74, 6) is -0.472. The van der Waals surface area contributed by atoms with Gasteiger partial charge >= 0.3 is 0 Å². The minimum atomic E-state index is -1.07. The molecule has 0 aromatic heterocycles. The van der Waals surface area contributed by atoms with Crippen LogP contribution in [-0.4, -0.2) is 46.1 Å². The third-order valence-corrected chi connectivity index (χ3v) is 9.58. The molecule has 1 amide bonds. The van der Waals surface area contributed by atoms with Crippen LogP contribution in [0, 0.1) is 0 Å². The van der Waals surface area contributed by atoms with Gasteiger partial charge in [-0.1, -0.05) is 199 Å². The van der Waals surface area contributed by atoms with Crippen molar-refractivity contribution in [2.24, 2.45) is 0 Å². The highest BCUT2D eigenvalue weighted by atomic mass is 16.3. The van der Waals surface area contributed by atoms with Crippen LogP contribution in [0.15, 0.2) is 24.3 Å². The van der Waals surface area contributed by atoms with Gasteiger partial charge < -0.3 is 20.6 Å². The monoisotopic (exact) mass is 664 g/mol. The van der Waals surface area contributed by atoms with Crippen molar-refractivity contribution in [2.75, 3.05) is 6.61 Å². The molecule has 0 rings (SSSR count). The van der Waals surface area contributed by atoms with E-state index in [1.54, 1.807) is 0 Å². The van der Waals surface area contributed by atoms with Gasteiger partial charge in [-0.3, -0.25) is 4.79 Å². The molecule has 278 valence electrons. The quantitative estimate of drug-likeness (QED) is 0.0393. The van der Waals surface area contributed by atoms with Gasteiger partial charge in [0, 0.05) is 0 Å². The Labute approximate surface area is 292 Å². The normalized spacial score (nSPS) is 13.9. The van der Waals surface area contributed by atoms with E-state index < -0.39 is 24.2 Å². The highest BCUT2D eigenvalue weighted by molar-refractivity contribution is 5.80. The molecule has 47 heavy (non-hydrogen) atoms. The molecule has 0 aromatic carbocycles. The average molecular weight is 664 g/mol. The fraction of sp³-hybridized carbons (Fsp3) is 0.881. The van der Waals surface area contributed by atoms with E-state index in [1.165, 1.54) is 141 Å². The van der Waals surface area contributed by atoms with Gasteiger partial charge in [-0.15, -0.1) is 0 Å². The van der Waals surface area contributed by atoms with E-state index >= 15 is 0 Å². The van der Waals surface area contributed by atoms with E-state index in [1.807, 2.05) is 0 Å². The Bertz CT molecular complexity index is 694. The van der Waals surface area contributed by atoms with Gasteiger partial charge in [-0.25, -0.2) is 0 Å². The van der Waals surface area contributed by atoms with E-state index in [0.29, 0.717) is 12.8 Å². The predicted molar refractivity (Wildman–Crippen MR) is 204 cm³/mol. The van der Waals surface area contributed by atoms with Crippen molar-refractivity contribution in [1.82, 2.24) is 5.32 Å². The van der Waals surface area contributed by atoms with Crippen molar-refractivity contribution in [3.8, 4) is 0 Å². The summed E-state index contributed by atoms with van der Waals surface area (Å²) in [6.45, 7) is 4.12. The molecule has 0 heterocycles. The van der Waals surface area contributed by atoms with Gasteiger partial charge in [0.15, 0.2) is 0 Å². The first-order valence-corrected chi connectivity index (χ1v) is 20.6. The Balaban J connectivity index is 3.61. The van der Waals surface area contributed by atoms with E-state index in [-0.39, 0.29) is 6.61 Å². The van der Waals surface area contributed by atoms with Crippen LogP contribution in [0.25, 0.3) is 0 Å². The van der Waals surface area contributed by atoms with Crippen LogP contribution in [0.1, 0.15) is 213 Å². The molecule has 5 heteroatoms. The first-order valence-electron chi connectivity index (χ1n) is 20.6. The maximum Gasteiger partial charge on any atom is 0.249 e. The Hall–Kier alpha value is -1.17. The summed E-state index contributed by atoms with van der Waals surface area (Å²) >= 11 is 0. The molecule has 0 spiro atoms. The number of nitrogens with one attached hydrogen (secondary N) is 1. The molecule has 5 nitrogen and oxygen atoms in total. The number of allylic oxidation sites excluding steroid dienone is 4. The predicted octanol–water partition coefficient (Wildman–Crippen LogP) is 11.4. The molecule has 0 aromatic rings. The molecule has 0 saturated heterocycles. The zero-order chi connectivity index (χ0) is 34.5. The number of amides is 1. The van der Waals surface area contributed by atoms with Crippen molar-refractivity contribution in [1.29, 1.82) is 0 Å². The third-order valence-electron chi connectivity index (χ3n) is 9.58. The number of aliphatic hydroxyl groups is 3. The zero-order valence-electron chi connectivity index (χ0n) is 31.4. The zero-order valence-corrected chi connectivity index (χ0v) is 31.4. The Kier molecular flexibility index (Phi) is 36.7. The van der Waals surface area contributed by atoms with Crippen LogP contribution in [0.3, 0.4) is 0 Å². The molecular formula is C42H81NO4. The second kappa shape index (κ2) is 37.6. The molecule has 0 saturated carbocycles. The van der Waals surface area contributed by atoms with Crippen LogP contribution in [0.4, 0.5) is 0 Å². The van der Waals surface area contributed by atoms with E-state index in [2.05, 4.69) is 43.5 Å². The van der Waals surface area contributed by atoms with Crippen molar-refractivity contribution < 1.29 is 20.1 Å². The van der Waals surface area contributed by atoms with E-state index in [9.17, 15) is 20.1 Å². The standard InChI is InChI=1S/C42H81NO4/c1-3-5-7-9-11-13-15-17-18-19-20-21-22-23-25-27-29-31-33-35-37-41(46)42(47)43-39(38-44)40(45)36-34-32-30-28-26-24-16-14-12-10-8-6-4-2/h5,7,11,13,39-41,44-46H,3-4,6,8-10,12,14-38H2,1-2H3,(H,43,47)/b7-5-,13-11-. The van der Waals surface area contributed by atoms with Gasteiger partial charge in [-0.2, -0.15) is 0 Å². The number of rotatable bonds is 37. The largest absolute Gasteiger partial charge is 0.394 e. The number of carbonyl (C=O) groups is 1. The lowest BCUT2D eigenvalue weighted by molar-refractivity contribution is -0.131. The lowest BCUT2D eigenvalue weighted by atomic mass is 10.0. The Morgan fingerprint density at radius 2 is 0.936 bits per heavy atom. The van der Waals surface area contributed by atoms with Crippen molar-refractivity contribution in [2.45, 2.75) is 231 Å². The number of carbonyl (C=O) groups excluding carboxylic acids is 1. The summed E-state index contributed by atoms with van der Waals surface area (Å²) in [7, 11) is 0. The molecule has 3 atom stereocenters. The second-order valence-electron chi connectivity index (χ2n) is 14.2. The SMILES string of the molecule is CC/C=C\C/C=C\CCCCCCCCCCCCCCCC(O)C(=O)NC(CO)C(O)CCCCCCCCCCCCCCC. The van der Waals surface area contributed by atoms with Crippen LogP contribution in [0.5, 0.6) is 0 Å². The van der Waals surface area contributed by atoms with Crippen LogP contribution >= 0.6 is 0 Å². The molecule has 3 unspecified atom stereocenters. The molecular weight excluding hydrogens is 582 g/mol. The third kappa shape index (κ3) is 33.1. The van der Waals surface area contributed by atoms with Gasteiger partial charge in [0.25, 0.3) is 0 Å². The summed E-state index contributed by atoms with van der Waals surface area (Å²) in [5.41, 5.74) is 0. The summed E-state index contributed by atoms with van der Waals surface area (Å²) in [6.07, 6.45) is 44.5. The topological polar surface area (TPSA) is 89.8 Å². The number of aliphatic hydroxyl groups excluding tert-OH is 3. The molecule has 0 radical (unpaired) electrons. The Morgan fingerprint density at radius 3 is 1.38 bits per heavy atom. The minimum Gasteiger partial charge on any atom is -0.394 e. The van der Waals surface area contributed by atoms with Crippen LogP contribution in [0.2, 0.25) is 0 Å². The Morgan fingerprint density at radius 1 is 0.532 bits per heavy atom. The maximum atomic E-state index is 12.4. The molecule has 4 N–H and O–H groups in total. The minimum absolute atomic E-state index is 0.312. The molecule has 0 aliphatic heterocycles. The first kappa shape index (κ1) is 45.8. The van der Waals surface area contributed by atoms with Crippen LogP contribution in [-0.2, 0) is 4.79 Å². The van der Waals surface area contributed by atoms with Crippen molar-refractivity contribution in [3.63, 3.8) is 0 Å². The number of hydrogen-bond acceptors (Lipinski definition) is 4.